The molecule has 1 nitrogen and oxygen atoms in total. The van der Waals surface area contributed by atoms with Gasteiger partial charge in [-0.25, -0.2) is 8.78 Å². The first kappa shape index (κ1) is 11.9. The molecule has 1 rings (SSSR count). The average molecular weight is 206 g/mol. The largest absolute Gasteiger partial charge is 0.379 e. The minimum atomic E-state index is -2.39. The van der Waals surface area contributed by atoms with Crippen molar-refractivity contribution in [2.24, 2.45) is 5.92 Å². The number of rotatable bonds is 4. The van der Waals surface area contributed by atoms with Gasteiger partial charge >= 0.3 is 0 Å². The van der Waals surface area contributed by atoms with Gasteiger partial charge in [0.2, 0.25) is 5.92 Å². The van der Waals surface area contributed by atoms with Gasteiger partial charge in [0.05, 0.1) is 6.10 Å². The van der Waals surface area contributed by atoms with Crippen LogP contribution in [0.1, 0.15) is 46.0 Å². The molecule has 0 saturated heterocycles. The molecule has 0 aromatic heterocycles. The van der Waals surface area contributed by atoms with Gasteiger partial charge in [0.15, 0.2) is 0 Å². The number of halogens is 2. The van der Waals surface area contributed by atoms with E-state index in [1.807, 2.05) is 13.8 Å². The standard InChI is InChI=1S/C11H20F2O/c1-9(2)14-8-5-10-3-6-11(12,13)7-4-10/h9-10H,3-8H2,1-2H3. The molecular formula is C11H20F2O. The minimum absolute atomic E-state index is 0.0688. The summed E-state index contributed by atoms with van der Waals surface area (Å²) in [6, 6.07) is 0. The summed E-state index contributed by atoms with van der Waals surface area (Å²) >= 11 is 0. The molecule has 0 radical (unpaired) electrons. The van der Waals surface area contributed by atoms with Crippen LogP contribution in [0.25, 0.3) is 0 Å². The van der Waals surface area contributed by atoms with Gasteiger partial charge in [-0.2, -0.15) is 0 Å². The van der Waals surface area contributed by atoms with Crippen LogP contribution in [0.2, 0.25) is 0 Å². The van der Waals surface area contributed by atoms with Crippen molar-refractivity contribution in [3.63, 3.8) is 0 Å². The van der Waals surface area contributed by atoms with Gasteiger partial charge in [-0.15, -0.1) is 0 Å². The zero-order chi connectivity index (χ0) is 10.6. The molecule has 0 aromatic carbocycles. The van der Waals surface area contributed by atoms with E-state index in [-0.39, 0.29) is 18.9 Å². The number of alkyl halides is 2. The number of hydrogen-bond acceptors (Lipinski definition) is 1. The summed E-state index contributed by atoms with van der Waals surface area (Å²) in [4.78, 5) is 0. The Bertz CT molecular complexity index is 159. The molecule has 0 bridgehead atoms. The van der Waals surface area contributed by atoms with E-state index in [1.165, 1.54) is 0 Å². The van der Waals surface area contributed by atoms with Crippen LogP contribution < -0.4 is 0 Å². The second kappa shape index (κ2) is 5.06. The van der Waals surface area contributed by atoms with E-state index in [2.05, 4.69) is 0 Å². The Kier molecular flexibility index (Phi) is 4.30. The lowest BCUT2D eigenvalue weighted by Gasteiger charge is -2.28. The van der Waals surface area contributed by atoms with Crippen molar-refractivity contribution >= 4 is 0 Å². The highest BCUT2D eigenvalue weighted by molar-refractivity contribution is 4.77. The molecule has 0 aliphatic heterocycles. The lowest BCUT2D eigenvalue weighted by molar-refractivity contribution is -0.0501. The Labute approximate surface area is 84.8 Å². The van der Waals surface area contributed by atoms with Crippen LogP contribution in [0.3, 0.4) is 0 Å². The van der Waals surface area contributed by atoms with Gasteiger partial charge in [-0.3, -0.25) is 0 Å². The molecular weight excluding hydrogens is 186 g/mol. The predicted molar refractivity (Wildman–Crippen MR) is 52.6 cm³/mol. The van der Waals surface area contributed by atoms with Crippen LogP contribution in [0.4, 0.5) is 8.78 Å². The van der Waals surface area contributed by atoms with Crippen LogP contribution in [-0.2, 0) is 4.74 Å². The molecule has 14 heavy (non-hydrogen) atoms. The summed E-state index contributed by atoms with van der Waals surface area (Å²) in [6.07, 6.45) is 2.65. The molecule has 0 spiro atoms. The first-order valence-corrected chi connectivity index (χ1v) is 5.49. The normalized spacial score (nSPS) is 22.9. The maximum atomic E-state index is 12.8. The minimum Gasteiger partial charge on any atom is -0.379 e. The Morgan fingerprint density at radius 3 is 2.36 bits per heavy atom. The monoisotopic (exact) mass is 206 g/mol. The van der Waals surface area contributed by atoms with Crippen molar-refractivity contribution in [1.29, 1.82) is 0 Å². The zero-order valence-corrected chi connectivity index (χ0v) is 9.06. The van der Waals surface area contributed by atoms with E-state index >= 15 is 0 Å². The molecule has 3 heteroatoms. The lowest BCUT2D eigenvalue weighted by Crippen LogP contribution is -2.25. The Morgan fingerprint density at radius 1 is 1.29 bits per heavy atom. The summed E-state index contributed by atoms with van der Waals surface area (Å²) in [5.41, 5.74) is 0. The summed E-state index contributed by atoms with van der Waals surface area (Å²) in [5, 5.41) is 0. The Morgan fingerprint density at radius 2 is 1.86 bits per heavy atom. The van der Waals surface area contributed by atoms with Crippen LogP contribution in [0, 0.1) is 5.92 Å². The third-order valence-corrected chi connectivity index (χ3v) is 2.81. The van der Waals surface area contributed by atoms with Gasteiger partial charge in [0.25, 0.3) is 0 Å². The van der Waals surface area contributed by atoms with Crippen molar-refractivity contribution < 1.29 is 13.5 Å². The van der Waals surface area contributed by atoms with Gasteiger partial charge in [0.1, 0.15) is 0 Å². The summed E-state index contributed by atoms with van der Waals surface area (Å²) in [7, 11) is 0. The van der Waals surface area contributed by atoms with E-state index < -0.39 is 5.92 Å². The topological polar surface area (TPSA) is 9.23 Å². The molecule has 0 atom stereocenters. The van der Waals surface area contributed by atoms with Gasteiger partial charge in [-0.1, -0.05) is 0 Å². The number of ether oxygens (including phenoxy) is 1. The van der Waals surface area contributed by atoms with E-state index in [9.17, 15) is 8.78 Å². The molecule has 1 aliphatic rings. The SMILES string of the molecule is CC(C)OCCC1CCC(F)(F)CC1. The quantitative estimate of drug-likeness (QED) is 0.682. The molecule has 1 fully saturated rings. The van der Waals surface area contributed by atoms with Crippen LogP contribution in [0.15, 0.2) is 0 Å². The van der Waals surface area contributed by atoms with Crippen LogP contribution in [0.5, 0.6) is 0 Å². The molecule has 1 saturated carbocycles. The second-order valence-electron chi connectivity index (χ2n) is 4.51. The van der Waals surface area contributed by atoms with Crippen molar-refractivity contribution in [3.8, 4) is 0 Å². The fourth-order valence-electron chi connectivity index (χ4n) is 1.86. The number of hydrogen-bond donors (Lipinski definition) is 0. The maximum Gasteiger partial charge on any atom is 0.248 e. The summed E-state index contributed by atoms with van der Waals surface area (Å²) in [6.45, 7) is 4.71. The zero-order valence-electron chi connectivity index (χ0n) is 9.06. The van der Waals surface area contributed by atoms with Crippen LogP contribution in [-0.4, -0.2) is 18.6 Å². The highest BCUT2D eigenvalue weighted by Gasteiger charge is 2.34. The highest BCUT2D eigenvalue weighted by Crippen LogP contribution is 2.37. The second-order valence-corrected chi connectivity index (χ2v) is 4.51. The molecule has 0 amide bonds. The van der Waals surface area contributed by atoms with Gasteiger partial charge in [0, 0.05) is 19.4 Å². The molecule has 0 aromatic rings. The van der Waals surface area contributed by atoms with E-state index in [0.29, 0.717) is 25.4 Å². The first-order chi connectivity index (χ1) is 6.49. The fraction of sp³-hybridized carbons (Fsp3) is 1.00. The fourth-order valence-corrected chi connectivity index (χ4v) is 1.86. The van der Waals surface area contributed by atoms with Crippen molar-refractivity contribution in [2.45, 2.75) is 58.0 Å². The van der Waals surface area contributed by atoms with Crippen LogP contribution >= 0.6 is 0 Å². The molecule has 0 unspecified atom stereocenters. The third kappa shape index (κ3) is 4.36. The van der Waals surface area contributed by atoms with Crippen molar-refractivity contribution in [1.82, 2.24) is 0 Å². The predicted octanol–water partition coefficient (Wildman–Crippen LogP) is 3.63. The average Bonchev–Trinajstić information content (AvgIpc) is 2.07. The molecule has 1 aliphatic carbocycles. The van der Waals surface area contributed by atoms with E-state index in [4.69, 9.17) is 4.74 Å². The van der Waals surface area contributed by atoms with Crippen molar-refractivity contribution in [2.75, 3.05) is 6.61 Å². The first-order valence-electron chi connectivity index (χ1n) is 5.49. The highest BCUT2D eigenvalue weighted by atomic mass is 19.3. The van der Waals surface area contributed by atoms with Gasteiger partial charge < -0.3 is 4.74 Å². The van der Waals surface area contributed by atoms with Gasteiger partial charge in [-0.05, 0) is 39.0 Å². The van der Waals surface area contributed by atoms with E-state index in [1.54, 1.807) is 0 Å². The Hall–Kier alpha value is -0.180. The third-order valence-electron chi connectivity index (χ3n) is 2.81. The maximum absolute atomic E-state index is 12.8. The summed E-state index contributed by atoms with van der Waals surface area (Å²) < 4.78 is 31.0. The summed E-state index contributed by atoms with van der Waals surface area (Å²) in [5.74, 6) is -1.94. The molecule has 0 heterocycles. The molecule has 84 valence electrons. The lowest BCUT2D eigenvalue weighted by atomic mass is 9.85. The van der Waals surface area contributed by atoms with Crippen molar-refractivity contribution in [3.05, 3.63) is 0 Å². The smallest absolute Gasteiger partial charge is 0.248 e. The Balaban J connectivity index is 2.10. The molecule has 0 N–H and O–H groups in total. The van der Waals surface area contributed by atoms with E-state index in [0.717, 1.165) is 6.42 Å².